The Labute approximate surface area is 123 Å². The summed E-state index contributed by atoms with van der Waals surface area (Å²) >= 11 is 0. The van der Waals surface area contributed by atoms with Gasteiger partial charge in [-0.1, -0.05) is 19.3 Å². The van der Waals surface area contributed by atoms with Gasteiger partial charge in [-0.15, -0.1) is 0 Å². The normalized spacial score (nSPS) is 33.9. The van der Waals surface area contributed by atoms with E-state index in [0.29, 0.717) is 11.7 Å². The Balaban J connectivity index is 1.50. The first kappa shape index (κ1) is 14.5. The van der Waals surface area contributed by atoms with Crippen molar-refractivity contribution >= 4 is 5.78 Å². The zero-order valence-electron chi connectivity index (χ0n) is 13.0. The maximum atomic E-state index is 12.4. The Morgan fingerprint density at radius 2 is 1.80 bits per heavy atom. The first-order chi connectivity index (χ1) is 9.74. The molecule has 3 heteroatoms. The number of ketones is 1. The zero-order chi connectivity index (χ0) is 13.9. The fourth-order valence-corrected chi connectivity index (χ4v) is 4.65. The maximum Gasteiger partial charge on any atom is 0.149 e. The highest BCUT2D eigenvalue weighted by atomic mass is 16.1. The van der Waals surface area contributed by atoms with Crippen molar-refractivity contribution in [2.75, 3.05) is 33.2 Å². The summed E-state index contributed by atoms with van der Waals surface area (Å²) < 4.78 is 0. The number of carbonyl (C=O) groups excluding carboxylic acids is 1. The number of likely N-dealkylation sites (tertiary alicyclic amines) is 2. The highest BCUT2D eigenvalue weighted by molar-refractivity contribution is 5.83. The van der Waals surface area contributed by atoms with Crippen LogP contribution in [-0.4, -0.2) is 54.9 Å². The van der Waals surface area contributed by atoms with Crippen LogP contribution >= 0.6 is 0 Å². The van der Waals surface area contributed by atoms with Gasteiger partial charge in [0.1, 0.15) is 5.78 Å². The third-order valence-corrected chi connectivity index (χ3v) is 5.87. The predicted molar refractivity (Wildman–Crippen MR) is 81.8 cm³/mol. The molecule has 0 spiro atoms. The number of nitrogens with zero attached hydrogens (tertiary/aromatic N) is 2. The van der Waals surface area contributed by atoms with Gasteiger partial charge in [-0.25, -0.2) is 0 Å². The van der Waals surface area contributed by atoms with Crippen molar-refractivity contribution in [1.29, 1.82) is 0 Å². The minimum absolute atomic E-state index is 0.385. The molecule has 2 atom stereocenters. The van der Waals surface area contributed by atoms with Crippen LogP contribution in [0.1, 0.15) is 51.4 Å². The molecule has 0 radical (unpaired) electrons. The molecule has 0 N–H and O–H groups in total. The number of rotatable bonds is 3. The van der Waals surface area contributed by atoms with Gasteiger partial charge in [-0.05, 0) is 51.6 Å². The fourth-order valence-electron chi connectivity index (χ4n) is 4.65. The second-order valence-electron chi connectivity index (χ2n) is 7.28. The quantitative estimate of drug-likeness (QED) is 0.792. The Morgan fingerprint density at radius 3 is 2.60 bits per heavy atom. The van der Waals surface area contributed by atoms with E-state index < -0.39 is 0 Å². The van der Waals surface area contributed by atoms with Crippen LogP contribution in [0.2, 0.25) is 0 Å². The minimum Gasteiger partial charge on any atom is -0.303 e. The van der Waals surface area contributed by atoms with Crippen LogP contribution in [0.25, 0.3) is 0 Å². The van der Waals surface area contributed by atoms with Crippen LogP contribution < -0.4 is 0 Å². The number of piperidine rings is 2. The summed E-state index contributed by atoms with van der Waals surface area (Å²) in [6.07, 6.45) is 10.1. The molecule has 3 aliphatic rings. The number of fused-ring (bicyclic) bond motifs is 1. The monoisotopic (exact) mass is 278 g/mol. The van der Waals surface area contributed by atoms with Gasteiger partial charge in [0.15, 0.2) is 0 Å². The molecule has 2 unspecified atom stereocenters. The molecule has 2 aliphatic heterocycles. The highest BCUT2D eigenvalue weighted by Crippen LogP contribution is 2.30. The molecule has 0 amide bonds. The maximum absolute atomic E-state index is 12.4. The zero-order valence-corrected chi connectivity index (χ0v) is 13.0. The summed E-state index contributed by atoms with van der Waals surface area (Å²) in [6, 6.07) is 0.782. The van der Waals surface area contributed by atoms with Crippen molar-refractivity contribution < 1.29 is 4.79 Å². The van der Waals surface area contributed by atoms with E-state index in [1.807, 2.05) is 0 Å². The first-order valence-electron chi connectivity index (χ1n) is 8.69. The van der Waals surface area contributed by atoms with Crippen LogP contribution in [0.4, 0.5) is 0 Å². The molecule has 0 aromatic rings. The SMILES string of the molecule is CN1CCCC2CN(CC(=O)C3CCCCC3)CCC21. The molecule has 3 nitrogen and oxygen atoms in total. The Bertz CT molecular complexity index is 338. The van der Waals surface area contributed by atoms with E-state index >= 15 is 0 Å². The summed E-state index contributed by atoms with van der Waals surface area (Å²) in [7, 11) is 2.28. The molecule has 0 bridgehead atoms. The van der Waals surface area contributed by atoms with Gasteiger partial charge in [0, 0.05) is 25.0 Å². The second kappa shape index (κ2) is 6.57. The lowest BCUT2D eigenvalue weighted by Gasteiger charge is -2.46. The standard InChI is InChI=1S/C17H30N2O/c1-18-10-5-8-15-12-19(11-9-16(15)18)13-17(20)14-6-3-2-4-7-14/h14-16H,2-13H2,1H3. The molecule has 114 valence electrons. The summed E-state index contributed by atoms with van der Waals surface area (Å²) in [6.45, 7) is 4.29. The fraction of sp³-hybridized carbons (Fsp3) is 0.941. The van der Waals surface area contributed by atoms with Gasteiger partial charge in [-0.3, -0.25) is 9.69 Å². The Hall–Kier alpha value is -0.410. The van der Waals surface area contributed by atoms with Gasteiger partial charge in [-0.2, -0.15) is 0 Å². The van der Waals surface area contributed by atoms with Crippen LogP contribution in [0.5, 0.6) is 0 Å². The van der Waals surface area contributed by atoms with Crippen molar-refractivity contribution in [2.45, 2.75) is 57.4 Å². The molecule has 1 saturated carbocycles. The lowest BCUT2D eigenvalue weighted by molar-refractivity contribution is -0.125. The second-order valence-corrected chi connectivity index (χ2v) is 7.28. The number of carbonyl (C=O) groups is 1. The van der Waals surface area contributed by atoms with Gasteiger partial charge in [0.25, 0.3) is 0 Å². The van der Waals surface area contributed by atoms with Gasteiger partial charge < -0.3 is 4.90 Å². The molecule has 2 saturated heterocycles. The highest BCUT2D eigenvalue weighted by Gasteiger charge is 2.35. The average molecular weight is 278 g/mol. The van der Waals surface area contributed by atoms with Crippen molar-refractivity contribution in [1.82, 2.24) is 9.80 Å². The van der Waals surface area contributed by atoms with E-state index in [0.717, 1.165) is 44.4 Å². The molecule has 2 heterocycles. The number of Topliss-reactive ketones (excluding diaryl/α,β-unsaturated/α-hetero) is 1. The predicted octanol–water partition coefficient (Wildman–Crippen LogP) is 2.55. The van der Waals surface area contributed by atoms with Gasteiger partial charge in [0.05, 0.1) is 6.54 Å². The smallest absolute Gasteiger partial charge is 0.149 e. The molecule has 3 fully saturated rings. The summed E-state index contributed by atoms with van der Waals surface area (Å²) in [5.74, 6) is 1.73. The Kier molecular flexibility index (Phi) is 4.77. The van der Waals surface area contributed by atoms with E-state index in [9.17, 15) is 4.79 Å². The lowest BCUT2D eigenvalue weighted by atomic mass is 9.83. The molecular formula is C17H30N2O. The number of hydrogen-bond donors (Lipinski definition) is 0. The van der Waals surface area contributed by atoms with Crippen molar-refractivity contribution in [3.05, 3.63) is 0 Å². The van der Waals surface area contributed by atoms with Gasteiger partial charge >= 0.3 is 0 Å². The minimum atomic E-state index is 0.385. The van der Waals surface area contributed by atoms with Crippen LogP contribution in [0, 0.1) is 11.8 Å². The van der Waals surface area contributed by atoms with E-state index in [4.69, 9.17) is 0 Å². The van der Waals surface area contributed by atoms with Crippen LogP contribution in [0.15, 0.2) is 0 Å². The summed E-state index contributed by atoms with van der Waals surface area (Å²) in [4.78, 5) is 17.4. The lowest BCUT2D eigenvalue weighted by Crippen LogP contribution is -2.53. The number of hydrogen-bond acceptors (Lipinski definition) is 3. The molecule has 1 aliphatic carbocycles. The third kappa shape index (κ3) is 3.25. The molecule has 0 aromatic heterocycles. The summed E-state index contributed by atoms with van der Waals surface area (Å²) in [5.41, 5.74) is 0. The van der Waals surface area contributed by atoms with Crippen molar-refractivity contribution in [2.24, 2.45) is 11.8 Å². The molecule has 3 rings (SSSR count). The van der Waals surface area contributed by atoms with Crippen molar-refractivity contribution in [3.8, 4) is 0 Å². The van der Waals surface area contributed by atoms with E-state index in [2.05, 4.69) is 16.8 Å². The van der Waals surface area contributed by atoms with E-state index in [-0.39, 0.29) is 0 Å². The van der Waals surface area contributed by atoms with Crippen LogP contribution in [0.3, 0.4) is 0 Å². The Morgan fingerprint density at radius 1 is 1.00 bits per heavy atom. The molecule has 20 heavy (non-hydrogen) atoms. The van der Waals surface area contributed by atoms with E-state index in [1.54, 1.807) is 0 Å². The van der Waals surface area contributed by atoms with E-state index in [1.165, 1.54) is 45.1 Å². The van der Waals surface area contributed by atoms with Crippen LogP contribution in [-0.2, 0) is 4.79 Å². The van der Waals surface area contributed by atoms with Crippen molar-refractivity contribution in [3.63, 3.8) is 0 Å². The largest absolute Gasteiger partial charge is 0.303 e. The third-order valence-electron chi connectivity index (χ3n) is 5.87. The first-order valence-corrected chi connectivity index (χ1v) is 8.69. The van der Waals surface area contributed by atoms with Gasteiger partial charge in [0.2, 0.25) is 0 Å². The topological polar surface area (TPSA) is 23.6 Å². The summed E-state index contributed by atoms with van der Waals surface area (Å²) in [5, 5.41) is 0. The molecule has 0 aromatic carbocycles. The molecular weight excluding hydrogens is 248 g/mol. The average Bonchev–Trinajstić information content (AvgIpc) is 2.48.